The van der Waals surface area contributed by atoms with E-state index in [4.69, 9.17) is 15.2 Å². The molecule has 1 aromatic carbocycles. The highest BCUT2D eigenvalue weighted by Crippen LogP contribution is 2.38. The Bertz CT molecular complexity index is 299. The number of ether oxygens (including phenoxy) is 2. The van der Waals surface area contributed by atoms with Gasteiger partial charge in [0.15, 0.2) is 11.5 Å². The van der Waals surface area contributed by atoms with Gasteiger partial charge in [-0.15, -0.1) is 0 Å². The second kappa shape index (κ2) is 2.68. The molecule has 2 rings (SSSR count). The Morgan fingerprint density at radius 1 is 1.58 bits per heavy atom. The summed E-state index contributed by atoms with van der Waals surface area (Å²) in [6.07, 6.45) is 0. The second-order valence-electron chi connectivity index (χ2n) is 2.80. The monoisotopic (exact) mass is 165 g/mol. The molecule has 0 spiro atoms. The summed E-state index contributed by atoms with van der Waals surface area (Å²) in [4.78, 5) is 0. The van der Waals surface area contributed by atoms with Gasteiger partial charge in [-0.2, -0.15) is 0 Å². The van der Waals surface area contributed by atoms with E-state index in [-0.39, 0.29) is 6.04 Å². The molecule has 0 fully saturated rings. The van der Waals surface area contributed by atoms with Crippen molar-refractivity contribution in [3.05, 3.63) is 23.8 Å². The maximum atomic E-state index is 5.79. The first-order chi connectivity index (χ1) is 5.83. The van der Waals surface area contributed by atoms with Gasteiger partial charge in [-0.25, -0.2) is 0 Å². The van der Waals surface area contributed by atoms with Crippen molar-refractivity contribution >= 4 is 0 Å². The second-order valence-corrected chi connectivity index (χ2v) is 2.80. The van der Waals surface area contributed by atoms with Crippen molar-refractivity contribution < 1.29 is 9.47 Å². The summed E-state index contributed by atoms with van der Waals surface area (Å²) in [6.45, 7) is 0.551. The van der Waals surface area contributed by atoms with Gasteiger partial charge in [0.25, 0.3) is 0 Å². The van der Waals surface area contributed by atoms with Crippen LogP contribution in [-0.4, -0.2) is 13.7 Å². The van der Waals surface area contributed by atoms with Gasteiger partial charge in [-0.05, 0) is 6.07 Å². The third-order valence-electron chi connectivity index (χ3n) is 2.04. The lowest BCUT2D eigenvalue weighted by Crippen LogP contribution is -2.10. The Morgan fingerprint density at radius 3 is 3.17 bits per heavy atom. The highest BCUT2D eigenvalue weighted by atomic mass is 16.5. The minimum absolute atomic E-state index is 0.00454. The van der Waals surface area contributed by atoms with Crippen molar-refractivity contribution in [2.45, 2.75) is 6.04 Å². The van der Waals surface area contributed by atoms with E-state index in [9.17, 15) is 0 Å². The molecule has 1 atom stereocenters. The number of methoxy groups -OCH3 is 1. The Kier molecular flexibility index (Phi) is 1.66. The summed E-state index contributed by atoms with van der Waals surface area (Å²) < 4.78 is 10.5. The Hall–Kier alpha value is -1.22. The number of fused-ring (bicyclic) bond motifs is 1. The van der Waals surface area contributed by atoms with Gasteiger partial charge in [0.1, 0.15) is 6.61 Å². The molecule has 0 aliphatic carbocycles. The van der Waals surface area contributed by atoms with Crippen LogP contribution in [0.25, 0.3) is 0 Å². The van der Waals surface area contributed by atoms with E-state index in [1.165, 1.54) is 0 Å². The van der Waals surface area contributed by atoms with Crippen LogP contribution in [0.3, 0.4) is 0 Å². The molecule has 0 bridgehead atoms. The van der Waals surface area contributed by atoms with Crippen LogP contribution in [0.1, 0.15) is 11.6 Å². The van der Waals surface area contributed by atoms with E-state index in [2.05, 4.69) is 0 Å². The summed E-state index contributed by atoms with van der Waals surface area (Å²) in [6, 6.07) is 5.76. The number of rotatable bonds is 1. The van der Waals surface area contributed by atoms with Crippen molar-refractivity contribution in [2.75, 3.05) is 13.7 Å². The quantitative estimate of drug-likeness (QED) is 0.677. The minimum Gasteiger partial charge on any atom is -0.493 e. The van der Waals surface area contributed by atoms with Crippen molar-refractivity contribution in [1.82, 2.24) is 0 Å². The Labute approximate surface area is 71.1 Å². The molecule has 12 heavy (non-hydrogen) atoms. The molecule has 64 valence electrons. The van der Waals surface area contributed by atoms with Crippen molar-refractivity contribution in [1.29, 1.82) is 0 Å². The minimum atomic E-state index is -0.00454. The van der Waals surface area contributed by atoms with E-state index in [1.54, 1.807) is 7.11 Å². The molecular formula is C9H11NO2. The maximum absolute atomic E-state index is 5.79. The van der Waals surface area contributed by atoms with Crippen LogP contribution in [0.4, 0.5) is 0 Å². The fourth-order valence-electron chi connectivity index (χ4n) is 1.40. The van der Waals surface area contributed by atoms with Crippen LogP contribution in [0.2, 0.25) is 0 Å². The summed E-state index contributed by atoms with van der Waals surface area (Å²) in [7, 11) is 1.63. The van der Waals surface area contributed by atoms with Crippen LogP contribution in [0.15, 0.2) is 18.2 Å². The molecule has 0 saturated carbocycles. The van der Waals surface area contributed by atoms with E-state index in [0.717, 1.165) is 17.1 Å². The van der Waals surface area contributed by atoms with Gasteiger partial charge >= 0.3 is 0 Å². The van der Waals surface area contributed by atoms with Gasteiger partial charge in [-0.1, -0.05) is 12.1 Å². The molecular weight excluding hydrogens is 154 g/mol. The van der Waals surface area contributed by atoms with Crippen LogP contribution >= 0.6 is 0 Å². The zero-order valence-corrected chi connectivity index (χ0v) is 6.91. The highest BCUT2D eigenvalue weighted by Gasteiger charge is 2.23. The molecule has 1 aliphatic heterocycles. The standard InChI is InChI=1S/C9H11NO2/c1-11-8-4-2-3-6-7(10)5-12-9(6)8/h2-4,7H,5,10H2,1H3/t7-/m0/s1. The largest absolute Gasteiger partial charge is 0.493 e. The number of benzene rings is 1. The van der Waals surface area contributed by atoms with Crippen molar-refractivity contribution in [3.63, 3.8) is 0 Å². The highest BCUT2D eigenvalue weighted by molar-refractivity contribution is 5.50. The zero-order chi connectivity index (χ0) is 8.55. The first-order valence-electron chi connectivity index (χ1n) is 3.88. The lowest BCUT2D eigenvalue weighted by atomic mass is 10.1. The topological polar surface area (TPSA) is 44.5 Å². The predicted octanol–water partition coefficient (Wildman–Crippen LogP) is 1.09. The first kappa shape index (κ1) is 7.43. The van der Waals surface area contributed by atoms with E-state index in [0.29, 0.717) is 6.61 Å². The van der Waals surface area contributed by atoms with Crippen LogP contribution in [0, 0.1) is 0 Å². The average Bonchev–Trinajstić information content (AvgIpc) is 2.48. The summed E-state index contributed by atoms with van der Waals surface area (Å²) in [5, 5.41) is 0. The molecule has 1 heterocycles. The summed E-state index contributed by atoms with van der Waals surface area (Å²) in [5.41, 5.74) is 6.83. The van der Waals surface area contributed by atoms with E-state index >= 15 is 0 Å². The van der Waals surface area contributed by atoms with Crippen LogP contribution in [-0.2, 0) is 0 Å². The van der Waals surface area contributed by atoms with Gasteiger partial charge in [-0.3, -0.25) is 0 Å². The molecule has 3 heteroatoms. The summed E-state index contributed by atoms with van der Waals surface area (Å²) in [5.74, 6) is 1.56. The molecule has 0 saturated heterocycles. The lowest BCUT2D eigenvalue weighted by Gasteiger charge is -2.05. The Balaban J connectivity index is 2.50. The Morgan fingerprint density at radius 2 is 2.42 bits per heavy atom. The average molecular weight is 165 g/mol. The van der Waals surface area contributed by atoms with E-state index in [1.807, 2.05) is 18.2 Å². The van der Waals surface area contributed by atoms with Gasteiger partial charge in [0, 0.05) is 5.56 Å². The molecule has 2 N–H and O–H groups in total. The summed E-state index contributed by atoms with van der Waals surface area (Å²) >= 11 is 0. The lowest BCUT2D eigenvalue weighted by molar-refractivity contribution is 0.311. The zero-order valence-electron chi connectivity index (χ0n) is 6.91. The number of hydrogen-bond acceptors (Lipinski definition) is 3. The number of nitrogens with two attached hydrogens (primary N) is 1. The number of hydrogen-bond donors (Lipinski definition) is 1. The van der Waals surface area contributed by atoms with Crippen LogP contribution < -0.4 is 15.2 Å². The fraction of sp³-hybridized carbons (Fsp3) is 0.333. The number of para-hydroxylation sites is 1. The maximum Gasteiger partial charge on any atom is 0.166 e. The fourth-order valence-corrected chi connectivity index (χ4v) is 1.40. The molecule has 3 nitrogen and oxygen atoms in total. The SMILES string of the molecule is COc1cccc2c1OC[C@@H]2N. The van der Waals surface area contributed by atoms with E-state index < -0.39 is 0 Å². The smallest absolute Gasteiger partial charge is 0.166 e. The molecule has 0 radical (unpaired) electrons. The normalized spacial score (nSPS) is 20.0. The van der Waals surface area contributed by atoms with Gasteiger partial charge in [0.05, 0.1) is 13.2 Å². The van der Waals surface area contributed by atoms with Gasteiger partial charge < -0.3 is 15.2 Å². The first-order valence-corrected chi connectivity index (χ1v) is 3.88. The van der Waals surface area contributed by atoms with Crippen molar-refractivity contribution in [3.8, 4) is 11.5 Å². The van der Waals surface area contributed by atoms with Crippen molar-refractivity contribution in [2.24, 2.45) is 5.73 Å². The predicted molar refractivity (Wildman–Crippen MR) is 45.4 cm³/mol. The third kappa shape index (κ3) is 0.940. The van der Waals surface area contributed by atoms with Crippen LogP contribution in [0.5, 0.6) is 11.5 Å². The molecule has 0 unspecified atom stereocenters. The molecule has 1 aromatic rings. The molecule has 0 aromatic heterocycles. The molecule has 1 aliphatic rings. The molecule has 0 amide bonds. The van der Waals surface area contributed by atoms with Gasteiger partial charge in [0.2, 0.25) is 0 Å². The third-order valence-corrected chi connectivity index (χ3v) is 2.04.